The van der Waals surface area contributed by atoms with Crippen molar-refractivity contribution in [2.75, 3.05) is 0 Å². The smallest absolute Gasteiger partial charge is 0.123 e. The van der Waals surface area contributed by atoms with Crippen LogP contribution >= 0.6 is 0 Å². The molecular formula is C10H13NO2. The van der Waals surface area contributed by atoms with E-state index in [2.05, 4.69) is 6.58 Å². The Balaban J connectivity index is 3.27. The van der Waals surface area contributed by atoms with Crippen LogP contribution in [0, 0.1) is 6.92 Å². The number of phenols is 2. The Bertz CT molecular complexity index is 334. The number of benzene rings is 1. The summed E-state index contributed by atoms with van der Waals surface area (Å²) in [6.45, 7) is 5.22. The Labute approximate surface area is 77.1 Å². The van der Waals surface area contributed by atoms with Gasteiger partial charge in [0.05, 0.1) is 6.04 Å². The van der Waals surface area contributed by atoms with Gasteiger partial charge >= 0.3 is 0 Å². The number of rotatable bonds is 2. The summed E-state index contributed by atoms with van der Waals surface area (Å²) in [4.78, 5) is 0. The summed E-state index contributed by atoms with van der Waals surface area (Å²) in [6.07, 6.45) is 1.51. The molecule has 0 aromatic heterocycles. The van der Waals surface area contributed by atoms with E-state index in [1.807, 2.05) is 0 Å². The molecule has 3 nitrogen and oxygen atoms in total. The highest BCUT2D eigenvalue weighted by molar-refractivity contribution is 5.47. The van der Waals surface area contributed by atoms with Gasteiger partial charge in [-0.3, -0.25) is 0 Å². The fourth-order valence-corrected chi connectivity index (χ4v) is 1.17. The Hall–Kier alpha value is -1.48. The predicted molar refractivity (Wildman–Crippen MR) is 51.6 cm³/mol. The largest absolute Gasteiger partial charge is 0.508 e. The van der Waals surface area contributed by atoms with E-state index in [1.54, 1.807) is 6.92 Å². The van der Waals surface area contributed by atoms with Crippen LogP contribution in [0.4, 0.5) is 0 Å². The van der Waals surface area contributed by atoms with Crippen molar-refractivity contribution in [3.8, 4) is 11.5 Å². The zero-order valence-electron chi connectivity index (χ0n) is 7.49. The number of hydrogen-bond acceptors (Lipinski definition) is 3. The van der Waals surface area contributed by atoms with Crippen LogP contribution in [0.15, 0.2) is 24.8 Å². The third kappa shape index (κ3) is 1.81. The molecule has 1 aromatic carbocycles. The molecule has 4 N–H and O–H groups in total. The molecule has 0 aliphatic rings. The van der Waals surface area contributed by atoms with Crippen LogP contribution in [0.1, 0.15) is 17.2 Å². The number of hydrogen-bond donors (Lipinski definition) is 3. The summed E-state index contributed by atoms with van der Waals surface area (Å²) in [6, 6.07) is 2.47. The summed E-state index contributed by atoms with van der Waals surface area (Å²) in [5, 5.41) is 18.8. The van der Waals surface area contributed by atoms with Crippen molar-refractivity contribution in [2.45, 2.75) is 13.0 Å². The van der Waals surface area contributed by atoms with Gasteiger partial charge in [0.25, 0.3) is 0 Å². The molecule has 1 atom stereocenters. The number of aryl methyl sites for hydroxylation is 1. The lowest BCUT2D eigenvalue weighted by Crippen LogP contribution is -2.06. The maximum atomic E-state index is 9.58. The van der Waals surface area contributed by atoms with Crippen molar-refractivity contribution in [1.82, 2.24) is 0 Å². The minimum Gasteiger partial charge on any atom is -0.508 e. The van der Waals surface area contributed by atoms with Gasteiger partial charge in [0, 0.05) is 5.56 Å². The Kier molecular flexibility index (Phi) is 2.58. The minimum atomic E-state index is -0.453. The average molecular weight is 179 g/mol. The van der Waals surface area contributed by atoms with E-state index >= 15 is 0 Å². The van der Waals surface area contributed by atoms with Crippen LogP contribution in [0.2, 0.25) is 0 Å². The fraction of sp³-hybridized carbons (Fsp3) is 0.200. The number of aromatic hydroxyl groups is 2. The van der Waals surface area contributed by atoms with Gasteiger partial charge in [0.15, 0.2) is 0 Å². The van der Waals surface area contributed by atoms with Gasteiger partial charge in [0.1, 0.15) is 11.5 Å². The van der Waals surface area contributed by atoms with Crippen LogP contribution in [0.25, 0.3) is 0 Å². The SMILES string of the molecule is C=CC(N)c1cc(O)cc(C)c1O. The molecule has 0 amide bonds. The van der Waals surface area contributed by atoms with Crippen LogP contribution in [-0.2, 0) is 0 Å². The van der Waals surface area contributed by atoms with E-state index < -0.39 is 6.04 Å². The number of phenolic OH excluding ortho intramolecular Hbond substituents is 2. The summed E-state index contributed by atoms with van der Waals surface area (Å²) >= 11 is 0. The second-order valence-electron chi connectivity index (χ2n) is 2.96. The van der Waals surface area contributed by atoms with Crippen molar-refractivity contribution in [2.24, 2.45) is 5.73 Å². The van der Waals surface area contributed by atoms with Gasteiger partial charge in [-0.05, 0) is 24.6 Å². The van der Waals surface area contributed by atoms with E-state index in [1.165, 1.54) is 18.2 Å². The molecule has 0 heterocycles. The highest BCUT2D eigenvalue weighted by atomic mass is 16.3. The van der Waals surface area contributed by atoms with Crippen LogP contribution in [-0.4, -0.2) is 10.2 Å². The van der Waals surface area contributed by atoms with Gasteiger partial charge in [-0.1, -0.05) is 6.08 Å². The molecule has 1 aromatic rings. The van der Waals surface area contributed by atoms with Crippen molar-refractivity contribution in [3.63, 3.8) is 0 Å². The first kappa shape index (κ1) is 9.61. The van der Waals surface area contributed by atoms with Gasteiger partial charge in [0.2, 0.25) is 0 Å². The second-order valence-corrected chi connectivity index (χ2v) is 2.96. The van der Waals surface area contributed by atoms with Gasteiger partial charge < -0.3 is 15.9 Å². The zero-order valence-corrected chi connectivity index (χ0v) is 7.49. The normalized spacial score (nSPS) is 12.5. The summed E-state index contributed by atoms with van der Waals surface area (Å²) in [7, 11) is 0. The highest BCUT2D eigenvalue weighted by Crippen LogP contribution is 2.30. The minimum absolute atomic E-state index is 0.0996. The molecule has 0 spiro atoms. The third-order valence-electron chi connectivity index (χ3n) is 1.93. The molecule has 1 rings (SSSR count). The summed E-state index contributed by atoms with van der Waals surface area (Å²) in [5.74, 6) is 0.216. The fourth-order valence-electron chi connectivity index (χ4n) is 1.17. The van der Waals surface area contributed by atoms with Crippen molar-refractivity contribution >= 4 is 0 Å². The Morgan fingerprint density at radius 3 is 2.62 bits per heavy atom. The predicted octanol–water partition coefficient (Wildman–Crippen LogP) is 1.59. The Morgan fingerprint density at radius 1 is 1.46 bits per heavy atom. The maximum Gasteiger partial charge on any atom is 0.123 e. The molecule has 3 heteroatoms. The van der Waals surface area contributed by atoms with Crippen molar-refractivity contribution in [1.29, 1.82) is 0 Å². The van der Waals surface area contributed by atoms with Crippen LogP contribution in [0.3, 0.4) is 0 Å². The lowest BCUT2D eigenvalue weighted by Gasteiger charge is -2.11. The van der Waals surface area contributed by atoms with Gasteiger partial charge in [-0.25, -0.2) is 0 Å². The molecule has 1 unspecified atom stereocenters. The lowest BCUT2D eigenvalue weighted by molar-refractivity contribution is 0.448. The molecule has 0 aliphatic carbocycles. The first-order valence-electron chi connectivity index (χ1n) is 3.97. The van der Waals surface area contributed by atoms with Crippen molar-refractivity contribution in [3.05, 3.63) is 35.9 Å². The molecule has 0 saturated carbocycles. The molecule has 0 fully saturated rings. The van der Waals surface area contributed by atoms with Gasteiger partial charge in [-0.2, -0.15) is 0 Å². The molecule has 13 heavy (non-hydrogen) atoms. The van der Waals surface area contributed by atoms with E-state index in [-0.39, 0.29) is 11.5 Å². The topological polar surface area (TPSA) is 66.5 Å². The lowest BCUT2D eigenvalue weighted by atomic mass is 10.0. The molecule has 0 bridgehead atoms. The zero-order chi connectivity index (χ0) is 10.0. The quantitative estimate of drug-likeness (QED) is 0.477. The maximum absolute atomic E-state index is 9.58. The molecule has 0 saturated heterocycles. The van der Waals surface area contributed by atoms with Gasteiger partial charge in [-0.15, -0.1) is 6.58 Å². The van der Waals surface area contributed by atoms with E-state index in [0.29, 0.717) is 11.1 Å². The molecule has 0 radical (unpaired) electrons. The van der Waals surface area contributed by atoms with Crippen LogP contribution in [0.5, 0.6) is 11.5 Å². The third-order valence-corrected chi connectivity index (χ3v) is 1.93. The standard InChI is InChI=1S/C10H13NO2/c1-3-9(11)8-5-7(12)4-6(2)10(8)13/h3-5,9,12-13H,1,11H2,2H3. The molecular weight excluding hydrogens is 166 g/mol. The monoisotopic (exact) mass is 179 g/mol. The molecule has 0 aliphatic heterocycles. The molecule has 70 valence electrons. The highest BCUT2D eigenvalue weighted by Gasteiger charge is 2.10. The first-order chi connectivity index (χ1) is 6.06. The summed E-state index contributed by atoms with van der Waals surface area (Å²) in [5.41, 5.74) is 6.74. The van der Waals surface area contributed by atoms with E-state index in [9.17, 15) is 10.2 Å². The number of nitrogens with two attached hydrogens (primary N) is 1. The second kappa shape index (κ2) is 3.49. The Morgan fingerprint density at radius 2 is 2.08 bits per heavy atom. The van der Waals surface area contributed by atoms with Crippen molar-refractivity contribution < 1.29 is 10.2 Å². The average Bonchev–Trinajstić information content (AvgIpc) is 2.10. The van der Waals surface area contributed by atoms with E-state index in [4.69, 9.17) is 5.73 Å². The van der Waals surface area contributed by atoms with Crippen LogP contribution < -0.4 is 5.73 Å². The first-order valence-corrected chi connectivity index (χ1v) is 3.97. The van der Waals surface area contributed by atoms with E-state index in [0.717, 1.165) is 0 Å². The summed E-state index contributed by atoms with van der Waals surface area (Å²) < 4.78 is 0.